The first-order chi connectivity index (χ1) is 11.1. The van der Waals surface area contributed by atoms with Gasteiger partial charge in [-0.05, 0) is 26.7 Å². The van der Waals surface area contributed by atoms with Crippen molar-refractivity contribution in [3.05, 3.63) is 16.6 Å². The molecular weight excluding hydrogens is 314 g/mol. The molecule has 1 amide bonds. The Hall–Kier alpha value is -1.02. The van der Waals surface area contributed by atoms with Gasteiger partial charge in [-0.3, -0.25) is 9.69 Å². The molecule has 1 aromatic rings. The van der Waals surface area contributed by atoms with E-state index in [9.17, 15) is 4.79 Å². The van der Waals surface area contributed by atoms with E-state index in [2.05, 4.69) is 29.0 Å². The maximum atomic E-state index is 12.0. The van der Waals surface area contributed by atoms with Gasteiger partial charge in [-0.2, -0.15) is 0 Å². The second kappa shape index (κ2) is 7.25. The molecule has 1 aromatic heterocycles. The highest BCUT2D eigenvalue weighted by atomic mass is 32.1. The van der Waals surface area contributed by atoms with E-state index in [1.54, 1.807) is 10.9 Å². The van der Waals surface area contributed by atoms with Crippen LogP contribution in [0.3, 0.4) is 0 Å². The molecule has 0 unspecified atom stereocenters. The predicted molar refractivity (Wildman–Crippen MR) is 88.8 cm³/mol. The van der Waals surface area contributed by atoms with Crippen molar-refractivity contribution in [1.82, 2.24) is 15.2 Å². The monoisotopic (exact) mass is 339 g/mol. The summed E-state index contributed by atoms with van der Waals surface area (Å²) in [5.74, 6) is -0.128. The summed E-state index contributed by atoms with van der Waals surface area (Å²) in [6, 6.07) is 0.487. The number of amides is 1. The highest BCUT2D eigenvalue weighted by Gasteiger charge is 2.43. The van der Waals surface area contributed by atoms with Crippen molar-refractivity contribution < 1.29 is 14.3 Å². The number of carbonyl (C=O) groups excluding carboxylic acids is 1. The fourth-order valence-corrected chi connectivity index (χ4v) is 3.79. The average Bonchev–Trinajstić information content (AvgIpc) is 3.13. The first-order valence-corrected chi connectivity index (χ1v) is 9.18. The fraction of sp³-hybridized carbons (Fsp3) is 0.750. The van der Waals surface area contributed by atoms with Crippen LogP contribution in [0.1, 0.15) is 37.2 Å². The molecule has 128 valence electrons. The second-order valence-corrected chi connectivity index (χ2v) is 7.38. The molecule has 23 heavy (non-hydrogen) atoms. The number of hydrogen-bond donors (Lipinski definition) is 1. The van der Waals surface area contributed by atoms with Crippen LogP contribution in [0.2, 0.25) is 0 Å². The fourth-order valence-electron chi connectivity index (χ4n) is 3.26. The maximum Gasteiger partial charge on any atom is 0.270 e. The normalized spacial score (nSPS) is 29.1. The maximum absolute atomic E-state index is 12.0. The van der Waals surface area contributed by atoms with Gasteiger partial charge in [0.2, 0.25) is 0 Å². The van der Waals surface area contributed by atoms with Crippen LogP contribution in [0.25, 0.3) is 0 Å². The van der Waals surface area contributed by atoms with Crippen LogP contribution in [-0.2, 0) is 9.47 Å². The number of aromatic nitrogens is 1. The molecule has 0 radical (unpaired) electrons. The summed E-state index contributed by atoms with van der Waals surface area (Å²) in [6.07, 6.45) is 1.98. The molecule has 2 aliphatic heterocycles. The minimum atomic E-state index is -0.225. The average molecular weight is 339 g/mol. The second-order valence-electron chi connectivity index (χ2n) is 6.66. The summed E-state index contributed by atoms with van der Waals surface area (Å²) in [4.78, 5) is 18.4. The number of hydrogen-bond acceptors (Lipinski definition) is 6. The van der Waals surface area contributed by atoms with Gasteiger partial charge in [0.15, 0.2) is 0 Å². The minimum Gasteiger partial charge on any atom is -0.377 e. The van der Waals surface area contributed by atoms with Crippen molar-refractivity contribution in [1.29, 1.82) is 0 Å². The first kappa shape index (κ1) is 16.8. The summed E-state index contributed by atoms with van der Waals surface area (Å²) in [5, 5.41) is 4.68. The van der Waals surface area contributed by atoms with E-state index in [1.165, 1.54) is 11.3 Å². The van der Waals surface area contributed by atoms with Gasteiger partial charge in [-0.15, -0.1) is 11.3 Å². The molecule has 6 nitrogen and oxygen atoms in total. The third-order valence-electron chi connectivity index (χ3n) is 4.60. The molecule has 0 aromatic carbocycles. The molecule has 2 fully saturated rings. The van der Waals surface area contributed by atoms with Crippen LogP contribution in [0.4, 0.5) is 0 Å². The zero-order chi connectivity index (χ0) is 16.3. The van der Waals surface area contributed by atoms with Crippen LogP contribution < -0.4 is 5.32 Å². The summed E-state index contributed by atoms with van der Waals surface area (Å²) in [7, 11) is 0. The Morgan fingerprint density at radius 2 is 2.48 bits per heavy atom. The standard InChI is InChI=1S/C16H25N3O3S/c1-12(2)19-5-6-21-10-16(9-19)4-3-13(22-16)7-17-15(20)14-8-23-11-18-14/h8,11-13H,3-7,9-10H2,1-2H3,(H,17,20)/t13-,16+/m1/s1. The number of thiazole rings is 1. The van der Waals surface area contributed by atoms with Crippen molar-refractivity contribution in [2.24, 2.45) is 0 Å². The van der Waals surface area contributed by atoms with E-state index in [1.807, 2.05) is 0 Å². The van der Waals surface area contributed by atoms with Crippen molar-refractivity contribution in [3.8, 4) is 0 Å². The van der Waals surface area contributed by atoms with Crippen LogP contribution in [-0.4, -0.2) is 66.4 Å². The lowest BCUT2D eigenvalue weighted by Crippen LogP contribution is -2.47. The molecule has 0 bridgehead atoms. The number of nitrogens with zero attached hydrogens (tertiary/aromatic N) is 2. The molecule has 3 heterocycles. The Morgan fingerprint density at radius 1 is 1.61 bits per heavy atom. The van der Waals surface area contributed by atoms with Gasteiger partial charge in [0.25, 0.3) is 5.91 Å². The van der Waals surface area contributed by atoms with Gasteiger partial charge in [-0.1, -0.05) is 0 Å². The zero-order valence-electron chi connectivity index (χ0n) is 13.8. The number of carbonyl (C=O) groups is 1. The third kappa shape index (κ3) is 4.09. The van der Waals surface area contributed by atoms with E-state index in [0.717, 1.165) is 32.5 Å². The van der Waals surface area contributed by atoms with Gasteiger partial charge in [-0.25, -0.2) is 4.98 Å². The summed E-state index contributed by atoms with van der Waals surface area (Å²) < 4.78 is 12.1. The Morgan fingerprint density at radius 3 is 3.22 bits per heavy atom. The smallest absolute Gasteiger partial charge is 0.270 e. The molecule has 2 aliphatic rings. The number of ether oxygens (including phenoxy) is 2. The minimum absolute atomic E-state index is 0.0493. The quantitative estimate of drug-likeness (QED) is 0.901. The predicted octanol–water partition coefficient (Wildman–Crippen LogP) is 1.53. The summed E-state index contributed by atoms with van der Waals surface area (Å²) in [5.41, 5.74) is 1.92. The van der Waals surface area contributed by atoms with Gasteiger partial charge in [0.05, 0.1) is 24.8 Å². The van der Waals surface area contributed by atoms with E-state index >= 15 is 0 Å². The Labute approximate surface area is 141 Å². The highest BCUT2D eigenvalue weighted by molar-refractivity contribution is 7.07. The Kier molecular flexibility index (Phi) is 5.31. The van der Waals surface area contributed by atoms with Gasteiger partial charge in [0, 0.05) is 31.1 Å². The van der Waals surface area contributed by atoms with Crippen molar-refractivity contribution in [2.45, 2.75) is 44.4 Å². The van der Waals surface area contributed by atoms with Gasteiger partial charge in [0.1, 0.15) is 11.3 Å². The number of rotatable bonds is 4. The number of nitrogens with one attached hydrogen (secondary N) is 1. The van der Waals surface area contributed by atoms with Gasteiger partial charge < -0.3 is 14.8 Å². The zero-order valence-corrected chi connectivity index (χ0v) is 14.6. The largest absolute Gasteiger partial charge is 0.377 e. The lowest BCUT2D eigenvalue weighted by molar-refractivity contribution is -0.0861. The highest BCUT2D eigenvalue weighted by Crippen LogP contribution is 2.33. The SMILES string of the molecule is CC(C)N1CCOC[C@]2(CC[C@H](CNC(=O)c3cscn3)O2)C1. The molecule has 1 spiro atoms. The molecule has 2 saturated heterocycles. The van der Waals surface area contributed by atoms with E-state index < -0.39 is 0 Å². The molecule has 0 aliphatic carbocycles. The third-order valence-corrected chi connectivity index (χ3v) is 5.19. The summed E-state index contributed by atoms with van der Waals surface area (Å²) >= 11 is 1.42. The lowest BCUT2D eigenvalue weighted by Gasteiger charge is -2.34. The van der Waals surface area contributed by atoms with E-state index in [-0.39, 0.29) is 17.6 Å². The Bertz CT molecular complexity index is 523. The summed E-state index contributed by atoms with van der Waals surface area (Å²) in [6.45, 7) is 8.20. The molecule has 1 N–H and O–H groups in total. The molecule has 3 rings (SSSR count). The van der Waals surface area contributed by atoms with Gasteiger partial charge >= 0.3 is 0 Å². The Balaban J connectivity index is 1.53. The first-order valence-electron chi connectivity index (χ1n) is 8.24. The van der Waals surface area contributed by atoms with Crippen molar-refractivity contribution in [2.75, 3.05) is 32.8 Å². The molecular formula is C16H25N3O3S. The van der Waals surface area contributed by atoms with Crippen LogP contribution in [0, 0.1) is 0 Å². The van der Waals surface area contributed by atoms with Crippen LogP contribution >= 0.6 is 11.3 Å². The van der Waals surface area contributed by atoms with Crippen molar-refractivity contribution in [3.63, 3.8) is 0 Å². The molecule has 0 saturated carbocycles. The molecule has 7 heteroatoms. The molecule has 2 atom stereocenters. The van der Waals surface area contributed by atoms with E-state index in [0.29, 0.717) is 24.9 Å². The van der Waals surface area contributed by atoms with Crippen molar-refractivity contribution >= 4 is 17.2 Å². The van der Waals surface area contributed by atoms with Crippen LogP contribution in [0.15, 0.2) is 10.9 Å². The lowest BCUT2D eigenvalue weighted by atomic mass is 9.99. The van der Waals surface area contributed by atoms with E-state index in [4.69, 9.17) is 9.47 Å². The topological polar surface area (TPSA) is 63.7 Å². The van der Waals surface area contributed by atoms with Crippen LogP contribution in [0.5, 0.6) is 0 Å².